The van der Waals surface area contributed by atoms with E-state index in [0.717, 1.165) is 26.2 Å². The van der Waals surface area contributed by atoms with Crippen LogP contribution in [0.15, 0.2) is 42.1 Å². The Morgan fingerprint density at radius 1 is 1.26 bits per heavy atom. The van der Waals surface area contributed by atoms with Gasteiger partial charge in [-0.1, -0.05) is 30.0 Å². The van der Waals surface area contributed by atoms with Crippen LogP contribution in [0.4, 0.5) is 4.39 Å². The van der Waals surface area contributed by atoms with Gasteiger partial charge < -0.3 is 19.7 Å². The number of likely N-dealkylation sites (N-methyl/N-ethyl adjacent to an activating group) is 1. The van der Waals surface area contributed by atoms with Crippen molar-refractivity contribution in [1.82, 2.24) is 29.9 Å². The Morgan fingerprint density at radius 2 is 1.97 bits per heavy atom. The smallest absolute Gasteiger partial charge is 0.254 e. The minimum atomic E-state index is -0.585. The number of benzene rings is 1. The fourth-order valence-electron chi connectivity index (χ4n) is 3.29. The molecule has 8 nitrogen and oxygen atoms in total. The van der Waals surface area contributed by atoms with Crippen LogP contribution in [0.25, 0.3) is 0 Å². The first-order chi connectivity index (χ1) is 14.9. The molecule has 1 aromatic heterocycles. The summed E-state index contributed by atoms with van der Waals surface area (Å²) < 4.78 is 15.7. The van der Waals surface area contributed by atoms with Gasteiger partial charge in [-0.05, 0) is 26.1 Å². The second-order valence-electron chi connectivity index (χ2n) is 7.39. The SMILES string of the molecule is C=CCn1c(SCC(=O)N2CCN(C)CC2)nnc1C(C)NC(=O)c1ccccc1F. The maximum absolute atomic E-state index is 13.9. The van der Waals surface area contributed by atoms with Gasteiger partial charge in [0.15, 0.2) is 11.0 Å². The Kier molecular flexibility index (Phi) is 7.80. The molecule has 1 aliphatic rings. The van der Waals surface area contributed by atoms with Gasteiger partial charge in [0.05, 0.1) is 17.4 Å². The first kappa shape index (κ1) is 23.0. The van der Waals surface area contributed by atoms with Gasteiger partial charge in [0.1, 0.15) is 5.82 Å². The van der Waals surface area contributed by atoms with E-state index in [9.17, 15) is 14.0 Å². The number of carbonyl (C=O) groups is 2. The highest BCUT2D eigenvalue weighted by molar-refractivity contribution is 7.99. The van der Waals surface area contributed by atoms with Crippen molar-refractivity contribution in [2.75, 3.05) is 39.0 Å². The first-order valence-electron chi connectivity index (χ1n) is 10.1. The summed E-state index contributed by atoms with van der Waals surface area (Å²) in [5.74, 6) is -0.279. The molecule has 0 saturated carbocycles. The molecule has 0 aliphatic carbocycles. The number of hydrogen-bond donors (Lipinski definition) is 1. The average Bonchev–Trinajstić information content (AvgIpc) is 3.15. The fraction of sp³-hybridized carbons (Fsp3) is 0.429. The second-order valence-corrected chi connectivity index (χ2v) is 8.33. The highest BCUT2D eigenvalue weighted by atomic mass is 32.2. The van der Waals surface area contributed by atoms with Crippen LogP contribution in [0, 0.1) is 5.82 Å². The molecule has 2 heterocycles. The molecule has 10 heteroatoms. The maximum atomic E-state index is 13.9. The molecule has 2 aromatic rings. The summed E-state index contributed by atoms with van der Waals surface area (Å²) >= 11 is 1.31. The topological polar surface area (TPSA) is 83.4 Å². The number of piperazine rings is 1. The number of amides is 2. The minimum absolute atomic E-state index is 0.0310. The number of carbonyl (C=O) groups excluding carboxylic acids is 2. The first-order valence-corrected chi connectivity index (χ1v) is 11.1. The summed E-state index contributed by atoms with van der Waals surface area (Å²) in [6.45, 7) is 9.13. The van der Waals surface area contributed by atoms with Crippen LogP contribution in [0.2, 0.25) is 0 Å². The number of allylic oxidation sites excluding steroid dienone is 1. The fourth-order valence-corrected chi connectivity index (χ4v) is 4.14. The van der Waals surface area contributed by atoms with Crippen molar-refractivity contribution in [3.05, 3.63) is 54.1 Å². The van der Waals surface area contributed by atoms with Gasteiger partial charge in [-0.3, -0.25) is 9.59 Å². The van der Waals surface area contributed by atoms with Crippen LogP contribution in [-0.4, -0.2) is 75.4 Å². The molecule has 1 atom stereocenters. The minimum Gasteiger partial charge on any atom is -0.342 e. The van der Waals surface area contributed by atoms with Gasteiger partial charge in [0.2, 0.25) is 5.91 Å². The molecule has 1 unspecified atom stereocenters. The lowest BCUT2D eigenvalue weighted by atomic mass is 10.2. The third kappa shape index (κ3) is 5.71. The second kappa shape index (κ2) is 10.5. The molecule has 1 aromatic carbocycles. The normalized spacial score (nSPS) is 15.5. The van der Waals surface area contributed by atoms with Crippen molar-refractivity contribution in [3.63, 3.8) is 0 Å². The van der Waals surface area contributed by atoms with Crippen LogP contribution in [0.1, 0.15) is 29.1 Å². The molecule has 31 heavy (non-hydrogen) atoms. The molecule has 2 amide bonds. The molecule has 1 saturated heterocycles. The zero-order chi connectivity index (χ0) is 22.4. The summed E-state index contributed by atoms with van der Waals surface area (Å²) in [5, 5.41) is 11.7. The number of halogens is 1. The molecule has 0 radical (unpaired) electrons. The summed E-state index contributed by atoms with van der Waals surface area (Å²) in [4.78, 5) is 29.0. The Labute approximate surface area is 185 Å². The van der Waals surface area contributed by atoms with Crippen LogP contribution in [0.5, 0.6) is 0 Å². The van der Waals surface area contributed by atoms with Crippen LogP contribution >= 0.6 is 11.8 Å². The number of nitrogens with zero attached hydrogens (tertiary/aromatic N) is 5. The monoisotopic (exact) mass is 446 g/mol. The largest absolute Gasteiger partial charge is 0.342 e. The Hall–Kier alpha value is -2.72. The van der Waals surface area contributed by atoms with E-state index in [2.05, 4.69) is 27.0 Å². The van der Waals surface area contributed by atoms with Gasteiger partial charge in [-0.15, -0.1) is 16.8 Å². The van der Waals surface area contributed by atoms with E-state index in [-0.39, 0.29) is 17.2 Å². The third-order valence-electron chi connectivity index (χ3n) is 5.09. The lowest BCUT2D eigenvalue weighted by Gasteiger charge is -2.32. The summed E-state index contributed by atoms with van der Waals surface area (Å²) in [6, 6.07) is 5.29. The zero-order valence-electron chi connectivity index (χ0n) is 17.8. The third-order valence-corrected chi connectivity index (χ3v) is 6.04. The Bertz CT molecular complexity index is 942. The van der Waals surface area contributed by atoms with Gasteiger partial charge >= 0.3 is 0 Å². The van der Waals surface area contributed by atoms with E-state index in [1.807, 2.05) is 11.9 Å². The van der Waals surface area contributed by atoms with Gasteiger partial charge in [0.25, 0.3) is 5.91 Å². The molecular weight excluding hydrogens is 419 g/mol. The quantitative estimate of drug-likeness (QED) is 0.493. The van der Waals surface area contributed by atoms with E-state index < -0.39 is 17.8 Å². The highest BCUT2D eigenvalue weighted by Crippen LogP contribution is 2.22. The van der Waals surface area contributed by atoms with Crippen molar-refractivity contribution in [2.24, 2.45) is 0 Å². The number of rotatable bonds is 8. The van der Waals surface area contributed by atoms with Gasteiger partial charge in [0, 0.05) is 32.7 Å². The standard InChI is InChI=1S/C21H27FN6O2S/c1-4-9-28-19(15(2)23-20(30)16-7-5-6-8-17(16)22)24-25-21(28)31-14-18(29)27-12-10-26(3)11-13-27/h4-8,15H,1,9-14H2,2-3H3,(H,23,30). The van der Waals surface area contributed by atoms with Gasteiger partial charge in [-0.25, -0.2) is 4.39 Å². The van der Waals surface area contributed by atoms with Crippen LogP contribution < -0.4 is 5.32 Å². The van der Waals surface area contributed by atoms with Crippen molar-refractivity contribution < 1.29 is 14.0 Å². The molecular formula is C21H27FN6O2S. The molecule has 1 N–H and O–H groups in total. The molecule has 0 spiro atoms. The summed E-state index contributed by atoms with van der Waals surface area (Å²) in [5.41, 5.74) is -0.0310. The molecule has 1 fully saturated rings. The van der Waals surface area contributed by atoms with Crippen molar-refractivity contribution in [1.29, 1.82) is 0 Å². The number of aromatic nitrogens is 3. The van der Waals surface area contributed by atoms with Crippen LogP contribution in [0.3, 0.4) is 0 Å². The summed E-state index contributed by atoms with van der Waals surface area (Å²) in [7, 11) is 2.04. The molecule has 3 rings (SSSR count). The molecule has 1 aliphatic heterocycles. The Balaban J connectivity index is 1.66. The average molecular weight is 447 g/mol. The van der Waals surface area contributed by atoms with E-state index >= 15 is 0 Å². The van der Waals surface area contributed by atoms with Crippen molar-refractivity contribution in [3.8, 4) is 0 Å². The zero-order valence-corrected chi connectivity index (χ0v) is 18.6. The maximum Gasteiger partial charge on any atom is 0.254 e. The van der Waals surface area contributed by atoms with Gasteiger partial charge in [-0.2, -0.15) is 0 Å². The Morgan fingerprint density at radius 3 is 2.65 bits per heavy atom. The van der Waals surface area contributed by atoms with E-state index in [1.54, 1.807) is 23.6 Å². The number of hydrogen-bond acceptors (Lipinski definition) is 6. The highest BCUT2D eigenvalue weighted by Gasteiger charge is 2.23. The lowest BCUT2D eigenvalue weighted by molar-refractivity contribution is -0.129. The molecule has 0 bridgehead atoms. The van der Waals surface area contributed by atoms with E-state index in [4.69, 9.17) is 0 Å². The van der Waals surface area contributed by atoms with E-state index in [0.29, 0.717) is 17.5 Å². The van der Waals surface area contributed by atoms with Crippen molar-refractivity contribution >= 4 is 23.6 Å². The number of thioether (sulfide) groups is 1. The summed E-state index contributed by atoms with van der Waals surface area (Å²) in [6.07, 6.45) is 1.70. The van der Waals surface area contributed by atoms with Crippen molar-refractivity contribution in [2.45, 2.75) is 24.7 Å². The van der Waals surface area contributed by atoms with E-state index in [1.165, 1.54) is 30.0 Å². The van der Waals surface area contributed by atoms with Crippen LogP contribution in [-0.2, 0) is 11.3 Å². The predicted molar refractivity (Wildman–Crippen MR) is 117 cm³/mol. The number of nitrogens with one attached hydrogen (secondary N) is 1. The predicted octanol–water partition coefficient (Wildman–Crippen LogP) is 1.96. The lowest BCUT2D eigenvalue weighted by Crippen LogP contribution is -2.47. The molecule has 166 valence electrons.